The average molecular weight is 356 g/mol. The SMILES string of the molecule is CCCOc1ccc(NC(=O)c2ccnc(CN)c2)cc1Cl.Cl. The first-order chi connectivity index (χ1) is 10.6. The minimum atomic E-state index is -0.240. The van der Waals surface area contributed by atoms with Gasteiger partial charge in [0.2, 0.25) is 0 Å². The fourth-order valence-electron chi connectivity index (χ4n) is 1.84. The molecule has 0 bridgehead atoms. The van der Waals surface area contributed by atoms with Crippen molar-refractivity contribution in [2.45, 2.75) is 19.9 Å². The number of benzene rings is 1. The number of pyridine rings is 1. The third kappa shape index (κ3) is 5.39. The van der Waals surface area contributed by atoms with Crippen LogP contribution in [0.1, 0.15) is 29.4 Å². The minimum Gasteiger partial charge on any atom is -0.492 e. The molecule has 5 nitrogen and oxygen atoms in total. The summed E-state index contributed by atoms with van der Waals surface area (Å²) < 4.78 is 5.49. The second-order valence-electron chi connectivity index (χ2n) is 4.69. The van der Waals surface area contributed by atoms with E-state index in [1.807, 2.05) is 6.92 Å². The number of hydrogen-bond acceptors (Lipinski definition) is 4. The Kier molecular flexibility index (Phi) is 7.81. The normalized spacial score (nSPS) is 9.87. The number of nitrogens with two attached hydrogens (primary N) is 1. The average Bonchev–Trinajstić information content (AvgIpc) is 2.54. The van der Waals surface area contributed by atoms with Crippen molar-refractivity contribution in [2.24, 2.45) is 5.73 Å². The van der Waals surface area contributed by atoms with E-state index in [4.69, 9.17) is 22.1 Å². The van der Waals surface area contributed by atoms with Crippen molar-refractivity contribution >= 4 is 35.6 Å². The Morgan fingerprint density at radius 1 is 1.35 bits per heavy atom. The molecule has 1 amide bonds. The summed E-state index contributed by atoms with van der Waals surface area (Å²) in [6, 6.07) is 8.45. The number of ether oxygens (including phenoxy) is 1. The Morgan fingerprint density at radius 3 is 2.78 bits per heavy atom. The van der Waals surface area contributed by atoms with Gasteiger partial charge in [-0.15, -0.1) is 12.4 Å². The number of halogens is 2. The zero-order valence-electron chi connectivity index (χ0n) is 12.7. The lowest BCUT2D eigenvalue weighted by Gasteiger charge is -2.10. The molecule has 0 radical (unpaired) electrons. The zero-order chi connectivity index (χ0) is 15.9. The molecule has 1 aromatic heterocycles. The van der Waals surface area contributed by atoms with Gasteiger partial charge >= 0.3 is 0 Å². The topological polar surface area (TPSA) is 77.2 Å². The third-order valence-corrected chi connectivity index (χ3v) is 3.23. The Balaban J connectivity index is 0.00000264. The van der Waals surface area contributed by atoms with E-state index in [1.165, 1.54) is 0 Å². The first-order valence-electron chi connectivity index (χ1n) is 7.02. The predicted molar refractivity (Wildman–Crippen MR) is 94.6 cm³/mol. The summed E-state index contributed by atoms with van der Waals surface area (Å²) >= 11 is 6.14. The Labute approximate surface area is 146 Å². The van der Waals surface area contributed by atoms with Crippen LogP contribution >= 0.6 is 24.0 Å². The Bertz CT molecular complexity index is 666. The van der Waals surface area contributed by atoms with Crippen molar-refractivity contribution in [2.75, 3.05) is 11.9 Å². The van der Waals surface area contributed by atoms with Crippen molar-refractivity contribution in [3.63, 3.8) is 0 Å². The number of nitrogens with one attached hydrogen (secondary N) is 1. The van der Waals surface area contributed by atoms with Gasteiger partial charge in [-0.3, -0.25) is 9.78 Å². The highest BCUT2D eigenvalue weighted by Gasteiger charge is 2.09. The highest BCUT2D eigenvalue weighted by molar-refractivity contribution is 6.32. The van der Waals surface area contributed by atoms with Crippen LogP contribution in [0.2, 0.25) is 5.02 Å². The molecule has 0 aliphatic heterocycles. The molecule has 124 valence electrons. The first kappa shape index (κ1) is 19.2. The summed E-state index contributed by atoms with van der Waals surface area (Å²) in [5, 5.41) is 3.25. The third-order valence-electron chi connectivity index (χ3n) is 2.94. The van der Waals surface area contributed by atoms with Gasteiger partial charge in [-0.2, -0.15) is 0 Å². The lowest BCUT2D eigenvalue weighted by atomic mass is 10.2. The fourth-order valence-corrected chi connectivity index (χ4v) is 2.08. The Hall–Kier alpha value is -1.82. The van der Waals surface area contributed by atoms with Crippen LogP contribution in [0.15, 0.2) is 36.5 Å². The molecule has 0 aliphatic carbocycles. The maximum Gasteiger partial charge on any atom is 0.255 e. The van der Waals surface area contributed by atoms with E-state index in [2.05, 4.69) is 10.3 Å². The van der Waals surface area contributed by atoms with Crippen molar-refractivity contribution in [1.29, 1.82) is 0 Å². The molecule has 0 saturated carbocycles. The van der Waals surface area contributed by atoms with Gasteiger partial charge < -0.3 is 15.8 Å². The summed E-state index contributed by atoms with van der Waals surface area (Å²) in [7, 11) is 0. The van der Waals surface area contributed by atoms with E-state index >= 15 is 0 Å². The molecular formula is C16H19Cl2N3O2. The molecule has 0 spiro atoms. The molecule has 1 aromatic carbocycles. The zero-order valence-corrected chi connectivity index (χ0v) is 14.3. The number of nitrogens with zero attached hydrogens (tertiary/aromatic N) is 1. The lowest BCUT2D eigenvalue weighted by Crippen LogP contribution is -2.13. The standard InChI is InChI=1S/C16H18ClN3O2.ClH/c1-2-7-22-15-4-3-12(9-14(15)17)20-16(21)11-5-6-19-13(8-11)10-18;/h3-6,8-9H,2,7,10,18H2,1H3,(H,20,21);1H. The van der Waals surface area contributed by atoms with Crippen LogP contribution < -0.4 is 15.8 Å². The molecule has 23 heavy (non-hydrogen) atoms. The molecule has 0 unspecified atom stereocenters. The maximum absolute atomic E-state index is 12.2. The molecular weight excluding hydrogens is 337 g/mol. The molecule has 2 rings (SSSR count). The number of hydrogen-bond donors (Lipinski definition) is 2. The van der Waals surface area contributed by atoms with Crippen LogP contribution in [0, 0.1) is 0 Å². The monoisotopic (exact) mass is 355 g/mol. The van der Waals surface area contributed by atoms with Gasteiger partial charge in [-0.1, -0.05) is 18.5 Å². The molecule has 7 heteroatoms. The highest BCUT2D eigenvalue weighted by Crippen LogP contribution is 2.28. The number of anilines is 1. The van der Waals surface area contributed by atoms with Crippen LogP contribution in [0.4, 0.5) is 5.69 Å². The maximum atomic E-state index is 12.2. The van der Waals surface area contributed by atoms with Crippen LogP contribution in [-0.4, -0.2) is 17.5 Å². The molecule has 0 fully saturated rings. The number of carbonyl (C=O) groups excluding carboxylic acids is 1. The van der Waals surface area contributed by atoms with Crippen LogP contribution in [0.3, 0.4) is 0 Å². The van der Waals surface area contributed by atoms with Gasteiger partial charge in [0.1, 0.15) is 5.75 Å². The number of carbonyl (C=O) groups is 1. The van der Waals surface area contributed by atoms with E-state index in [-0.39, 0.29) is 24.9 Å². The van der Waals surface area contributed by atoms with Crippen LogP contribution in [-0.2, 0) is 6.54 Å². The lowest BCUT2D eigenvalue weighted by molar-refractivity contribution is 0.102. The van der Waals surface area contributed by atoms with Crippen molar-refractivity contribution in [3.8, 4) is 5.75 Å². The quantitative estimate of drug-likeness (QED) is 0.828. The molecule has 3 N–H and O–H groups in total. The Morgan fingerprint density at radius 2 is 2.13 bits per heavy atom. The first-order valence-corrected chi connectivity index (χ1v) is 7.40. The van der Waals surface area contributed by atoms with Crippen LogP contribution in [0.5, 0.6) is 5.75 Å². The summed E-state index contributed by atoms with van der Waals surface area (Å²) in [5.41, 5.74) is 7.28. The molecule has 0 aliphatic rings. The van der Waals surface area contributed by atoms with Gasteiger partial charge in [0.25, 0.3) is 5.91 Å². The summed E-state index contributed by atoms with van der Waals surface area (Å²) in [4.78, 5) is 16.3. The largest absolute Gasteiger partial charge is 0.492 e. The van der Waals surface area contributed by atoms with E-state index in [0.717, 1.165) is 6.42 Å². The van der Waals surface area contributed by atoms with Crippen molar-refractivity contribution in [3.05, 3.63) is 52.8 Å². The van der Waals surface area contributed by atoms with E-state index < -0.39 is 0 Å². The van der Waals surface area contributed by atoms with Gasteiger partial charge in [0.05, 0.1) is 17.3 Å². The minimum absolute atomic E-state index is 0. The summed E-state index contributed by atoms with van der Waals surface area (Å²) in [6.45, 7) is 2.91. The number of rotatable bonds is 6. The second-order valence-corrected chi connectivity index (χ2v) is 5.09. The highest BCUT2D eigenvalue weighted by atomic mass is 35.5. The van der Waals surface area contributed by atoms with Crippen molar-refractivity contribution < 1.29 is 9.53 Å². The molecule has 0 atom stereocenters. The van der Waals surface area contributed by atoms with Crippen molar-refractivity contribution in [1.82, 2.24) is 4.98 Å². The number of aromatic nitrogens is 1. The smallest absolute Gasteiger partial charge is 0.255 e. The second kappa shape index (κ2) is 9.35. The summed E-state index contributed by atoms with van der Waals surface area (Å²) in [5.74, 6) is 0.367. The number of amides is 1. The molecule has 1 heterocycles. The van der Waals surface area contributed by atoms with E-state index in [9.17, 15) is 4.79 Å². The van der Waals surface area contributed by atoms with Gasteiger partial charge in [0.15, 0.2) is 0 Å². The van der Waals surface area contributed by atoms with E-state index in [0.29, 0.717) is 34.3 Å². The van der Waals surface area contributed by atoms with E-state index in [1.54, 1.807) is 36.5 Å². The van der Waals surface area contributed by atoms with Gasteiger partial charge in [-0.05, 0) is 36.8 Å². The summed E-state index contributed by atoms with van der Waals surface area (Å²) in [6.07, 6.45) is 2.46. The van der Waals surface area contributed by atoms with Gasteiger partial charge in [-0.25, -0.2) is 0 Å². The molecule has 0 saturated heterocycles. The fraction of sp³-hybridized carbons (Fsp3) is 0.250. The van der Waals surface area contributed by atoms with Crippen LogP contribution in [0.25, 0.3) is 0 Å². The molecule has 2 aromatic rings. The van der Waals surface area contributed by atoms with Gasteiger partial charge in [0, 0.05) is 24.0 Å². The predicted octanol–water partition coefficient (Wildman–Crippen LogP) is 3.66.